The van der Waals surface area contributed by atoms with E-state index in [0.717, 1.165) is 5.69 Å². The fourth-order valence-corrected chi connectivity index (χ4v) is 2.12. The minimum Gasteiger partial charge on any atom is -0.352 e. The van der Waals surface area contributed by atoms with Crippen LogP contribution in [0.25, 0.3) is 0 Å². The van der Waals surface area contributed by atoms with E-state index in [2.05, 4.69) is 30.9 Å². The van der Waals surface area contributed by atoms with E-state index < -0.39 is 0 Å². The van der Waals surface area contributed by atoms with E-state index in [0.29, 0.717) is 23.5 Å². The molecular weight excluding hydrogens is 355 g/mol. The van der Waals surface area contributed by atoms with Crippen molar-refractivity contribution in [2.24, 2.45) is 0 Å². The van der Waals surface area contributed by atoms with Gasteiger partial charge in [0.05, 0.1) is 0 Å². The molecule has 3 rings (SSSR count). The van der Waals surface area contributed by atoms with Gasteiger partial charge in [-0.1, -0.05) is 18.2 Å². The van der Waals surface area contributed by atoms with Crippen LogP contribution in [0.3, 0.4) is 0 Å². The van der Waals surface area contributed by atoms with Crippen molar-refractivity contribution in [3.63, 3.8) is 0 Å². The van der Waals surface area contributed by atoms with Gasteiger partial charge in [-0.15, -0.1) is 12.4 Å². The van der Waals surface area contributed by atoms with Crippen LogP contribution >= 0.6 is 12.4 Å². The zero-order valence-electron chi connectivity index (χ0n) is 14.4. The molecule has 3 aromatic rings. The van der Waals surface area contributed by atoms with Gasteiger partial charge in [0.2, 0.25) is 17.8 Å². The first kappa shape index (κ1) is 19.4. The fourth-order valence-electron chi connectivity index (χ4n) is 2.12. The van der Waals surface area contributed by atoms with E-state index in [1.165, 1.54) is 12.1 Å². The molecule has 26 heavy (non-hydrogen) atoms. The van der Waals surface area contributed by atoms with Crippen molar-refractivity contribution >= 4 is 41.6 Å². The summed E-state index contributed by atoms with van der Waals surface area (Å²) < 4.78 is 13.1. The third kappa shape index (κ3) is 5.56. The van der Waals surface area contributed by atoms with Crippen molar-refractivity contribution in [3.8, 4) is 0 Å². The summed E-state index contributed by atoms with van der Waals surface area (Å²) in [5, 5.41) is 9.38. The largest absolute Gasteiger partial charge is 0.352 e. The summed E-state index contributed by atoms with van der Waals surface area (Å²) in [6.07, 6.45) is 0. The third-order valence-electron chi connectivity index (χ3n) is 3.18. The second-order valence-electron chi connectivity index (χ2n) is 5.73. The van der Waals surface area contributed by atoms with E-state index in [1.807, 2.05) is 44.2 Å². The molecule has 1 aromatic heterocycles. The molecular formula is C18H20ClFN6. The van der Waals surface area contributed by atoms with Crippen molar-refractivity contribution in [2.75, 3.05) is 16.0 Å². The number of rotatable bonds is 6. The van der Waals surface area contributed by atoms with E-state index in [4.69, 9.17) is 0 Å². The molecule has 0 radical (unpaired) electrons. The second-order valence-corrected chi connectivity index (χ2v) is 5.73. The highest BCUT2D eigenvalue weighted by Gasteiger charge is 2.08. The lowest BCUT2D eigenvalue weighted by molar-refractivity contribution is 0.628. The zero-order valence-corrected chi connectivity index (χ0v) is 15.2. The van der Waals surface area contributed by atoms with Crippen LogP contribution in [-0.4, -0.2) is 21.0 Å². The molecule has 0 atom stereocenters. The molecule has 1 heterocycles. The molecule has 2 aromatic carbocycles. The average molecular weight is 375 g/mol. The summed E-state index contributed by atoms with van der Waals surface area (Å²) in [6.45, 7) is 4.00. The minimum atomic E-state index is -0.296. The van der Waals surface area contributed by atoms with Gasteiger partial charge in [-0.05, 0) is 50.2 Å². The van der Waals surface area contributed by atoms with Crippen LogP contribution in [-0.2, 0) is 0 Å². The number of para-hydroxylation sites is 1. The topological polar surface area (TPSA) is 74.8 Å². The van der Waals surface area contributed by atoms with E-state index in [-0.39, 0.29) is 24.3 Å². The molecule has 0 saturated carbocycles. The lowest BCUT2D eigenvalue weighted by atomic mass is 10.3. The van der Waals surface area contributed by atoms with E-state index >= 15 is 0 Å². The number of hydrogen-bond acceptors (Lipinski definition) is 6. The first-order valence-electron chi connectivity index (χ1n) is 7.96. The van der Waals surface area contributed by atoms with Crippen molar-refractivity contribution < 1.29 is 4.39 Å². The third-order valence-corrected chi connectivity index (χ3v) is 3.18. The second kappa shape index (κ2) is 8.96. The van der Waals surface area contributed by atoms with Gasteiger partial charge >= 0.3 is 0 Å². The molecule has 0 aliphatic rings. The number of aromatic nitrogens is 3. The smallest absolute Gasteiger partial charge is 0.233 e. The Bertz CT molecular complexity index is 827. The predicted molar refractivity (Wildman–Crippen MR) is 105 cm³/mol. The number of nitrogens with one attached hydrogen (secondary N) is 3. The molecule has 8 heteroatoms. The van der Waals surface area contributed by atoms with Crippen LogP contribution in [0.1, 0.15) is 13.8 Å². The standard InChI is InChI=1S/C18H19FN6.ClH/c1-12(2)20-16-23-17(21-14-6-4-3-5-7-14)25-18(24-16)22-15-10-8-13(19)9-11-15;/h3-12H,1-2H3,(H3,20,21,22,23,24,25);1H. The van der Waals surface area contributed by atoms with Gasteiger partial charge in [-0.3, -0.25) is 0 Å². The summed E-state index contributed by atoms with van der Waals surface area (Å²) >= 11 is 0. The van der Waals surface area contributed by atoms with Gasteiger partial charge in [0.1, 0.15) is 5.82 Å². The molecule has 0 bridgehead atoms. The number of benzene rings is 2. The van der Waals surface area contributed by atoms with Gasteiger partial charge in [0.25, 0.3) is 0 Å². The molecule has 3 N–H and O–H groups in total. The predicted octanol–water partition coefficient (Wildman–Crippen LogP) is 4.74. The maximum atomic E-state index is 13.1. The number of hydrogen-bond donors (Lipinski definition) is 3. The van der Waals surface area contributed by atoms with Crippen LogP contribution in [0.4, 0.5) is 33.6 Å². The minimum absolute atomic E-state index is 0. The maximum Gasteiger partial charge on any atom is 0.233 e. The van der Waals surface area contributed by atoms with Crippen LogP contribution in [0.5, 0.6) is 0 Å². The molecule has 136 valence electrons. The molecule has 0 saturated heterocycles. The van der Waals surface area contributed by atoms with Crippen molar-refractivity contribution in [1.82, 2.24) is 15.0 Å². The van der Waals surface area contributed by atoms with Crippen LogP contribution in [0, 0.1) is 5.82 Å². The Morgan fingerprint density at radius 3 is 1.77 bits per heavy atom. The highest BCUT2D eigenvalue weighted by atomic mass is 35.5. The van der Waals surface area contributed by atoms with Gasteiger partial charge in [0.15, 0.2) is 0 Å². The van der Waals surface area contributed by atoms with Crippen LogP contribution in [0.2, 0.25) is 0 Å². The first-order chi connectivity index (χ1) is 12.1. The molecule has 6 nitrogen and oxygen atoms in total. The Kier molecular flexibility index (Phi) is 6.68. The summed E-state index contributed by atoms with van der Waals surface area (Å²) in [5.74, 6) is 0.931. The summed E-state index contributed by atoms with van der Waals surface area (Å²) in [4.78, 5) is 13.1. The normalized spacial score (nSPS) is 10.2. The lowest BCUT2D eigenvalue weighted by Crippen LogP contribution is -2.15. The Hall–Kier alpha value is -2.93. The molecule has 0 unspecified atom stereocenters. The highest BCUT2D eigenvalue weighted by molar-refractivity contribution is 5.85. The van der Waals surface area contributed by atoms with Gasteiger partial charge in [-0.2, -0.15) is 15.0 Å². The first-order valence-corrected chi connectivity index (χ1v) is 7.96. The fraction of sp³-hybridized carbons (Fsp3) is 0.167. The van der Waals surface area contributed by atoms with Crippen LogP contribution < -0.4 is 16.0 Å². The van der Waals surface area contributed by atoms with Crippen molar-refractivity contribution in [1.29, 1.82) is 0 Å². The Morgan fingerprint density at radius 1 is 0.731 bits per heavy atom. The quantitative estimate of drug-likeness (QED) is 0.578. The van der Waals surface area contributed by atoms with Crippen molar-refractivity contribution in [2.45, 2.75) is 19.9 Å². The van der Waals surface area contributed by atoms with Crippen LogP contribution in [0.15, 0.2) is 54.6 Å². The Labute approximate surface area is 157 Å². The summed E-state index contributed by atoms with van der Waals surface area (Å²) in [7, 11) is 0. The number of anilines is 5. The van der Waals surface area contributed by atoms with E-state index in [1.54, 1.807) is 12.1 Å². The summed E-state index contributed by atoms with van der Waals surface area (Å²) in [5.41, 5.74) is 1.56. The SMILES string of the molecule is CC(C)Nc1nc(Nc2ccccc2)nc(Nc2ccc(F)cc2)n1.Cl. The summed E-state index contributed by atoms with van der Waals surface area (Å²) in [6, 6.07) is 15.8. The molecule has 0 aliphatic carbocycles. The monoisotopic (exact) mass is 374 g/mol. The highest BCUT2D eigenvalue weighted by Crippen LogP contribution is 2.19. The number of halogens is 2. The molecule has 0 amide bonds. The Balaban J connectivity index is 0.00000243. The molecule has 0 fully saturated rings. The van der Waals surface area contributed by atoms with Gasteiger partial charge in [0, 0.05) is 17.4 Å². The molecule has 0 spiro atoms. The maximum absolute atomic E-state index is 13.1. The van der Waals surface area contributed by atoms with Gasteiger partial charge in [-0.25, -0.2) is 4.39 Å². The average Bonchev–Trinajstić information content (AvgIpc) is 2.57. The lowest BCUT2D eigenvalue weighted by Gasteiger charge is -2.13. The Morgan fingerprint density at radius 2 is 1.23 bits per heavy atom. The zero-order chi connectivity index (χ0) is 17.6. The molecule has 0 aliphatic heterocycles. The van der Waals surface area contributed by atoms with E-state index in [9.17, 15) is 4.39 Å². The van der Waals surface area contributed by atoms with Crippen molar-refractivity contribution in [3.05, 3.63) is 60.4 Å². The van der Waals surface area contributed by atoms with Gasteiger partial charge < -0.3 is 16.0 Å². The number of nitrogens with zero attached hydrogens (tertiary/aromatic N) is 3.